The Morgan fingerprint density at radius 1 is 1.25 bits per heavy atom. The number of aromatic amines is 1. The summed E-state index contributed by atoms with van der Waals surface area (Å²) >= 11 is 0. The minimum atomic E-state index is 0.361. The number of aliphatic imine (C=N–C) groups is 1. The summed E-state index contributed by atoms with van der Waals surface area (Å²) < 4.78 is 11.0. The average Bonchev–Trinajstić information content (AvgIpc) is 3.04. The molecule has 0 radical (unpaired) electrons. The van der Waals surface area contributed by atoms with Crippen LogP contribution in [0.1, 0.15) is 30.5 Å². The first-order valence-electron chi connectivity index (χ1n) is 10.3. The van der Waals surface area contributed by atoms with E-state index < -0.39 is 0 Å². The minimum absolute atomic E-state index is 0.361. The van der Waals surface area contributed by atoms with E-state index in [4.69, 9.17) is 9.47 Å². The summed E-state index contributed by atoms with van der Waals surface area (Å²) in [6.07, 6.45) is 4.41. The molecule has 0 saturated carbocycles. The maximum atomic E-state index is 5.96. The number of methoxy groups -OCH3 is 1. The smallest absolute Gasteiger partial charge is 0.193 e. The number of nitrogens with zero attached hydrogens (tertiary/aromatic N) is 2. The molecule has 0 amide bonds. The molecule has 1 aromatic heterocycles. The summed E-state index contributed by atoms with van der Waals surface area (Å²) in [4.78, 5) is 10.3. The monoisotopic (exact) mass is 386 g/mol. The maximum Gasteiger partial charge on any atom is 0.193 e. The van der Waals surface area contributed by atoms with Crippen LogP contribution in [-0.4, -0.2) is 69.0 Å². The van der Waals surface area contributed by atoms with Crippen LogP contribution in [0.15, 0.2) is 29.3 Å². The number of piperidine rings is 1. The van der Waals surface area contributed by atoms with E-state index >= 15 is 0 Å². The van der Waals surface area contributed by atoms with Crippen LogP contribution in [-0.2, 0) is 15.9 Å². The van der Waals surface area contributed by atoms with Crippen molar-refractivity contribution < 1.29 is 9.47 Å². The first-order valence-corrected chi connectivity index (χ1v) is 10.3. The number of aryl methyl sites for hydroxylation is 1. The minimum Gasteiger partial charge on any atom is -0.385 e. The highest BCUT2D eigenvalue weighted by Gasteiger charge is 2.21. The van der Waals surface area contributed by atoms with Gasteiger partial charge in [-0.25, -0.2) is 0 Å². The molecule has 2 N–H and O–H groups in total. The summed E-state index contributed by atoms with van der Waals surface area (Å²) in [5.41, 5.74) is 3.86. The van der Waals surface area contributed by atoms with Crippen molar-refractivity contribution in [2.45, 2.75) is 38.7 Å². The molecule has 1 aromatic carbocycles. The van der Waals surface area contributed by atoms with Crippen LogP contribution >= 0.6 is 0 Å². The van der Waals surface area contributed by atoms with E-state index in [0.29, 0.717) is 6.10 Å². The van der Waals surface area contributed by atoms with E-state index in [-0.39, 0.29) is 0 Å². The molecule has 1 aliphatic rings. The summed E-state index contributed by atoms with van der Waals surface area (Å²) in [7, 11) is 3.60. The Kier molecular flexibility index (Phi) is 7.74. The molecule has 2 heterocycles. The number of ether oxygens (including phenoxy) is 2. The van der Waals surface area contributed by atoms with E-state index in [2.05, 4.69) is 51.4 Å². The number of hydrogen-bond donors (Lipinski definition) is 2. The molecule has 0 bridgehead atoms. The number of rotatable bonds is 8. The normalized spacial score (nSPS) is 16.1. The standard InChI is InChI=1S/C22H34N4O2/c1-17-19(20-7-4-5-8-21(20)25-17)9-12-24-22(23-2)26-13-10-18(11-14-26)28-16-6-15-27-3/h4-5,7-8,18,25H,6,9-16H2,1-3H3,(H,23,24). The van der Waals surface area contributed by atoms with Crippen molar-refractivity contribution in [2.24, 2.45) is 4.99 Å². The Bertz CT molecular complexity index is 763. The molecule has 28 heavy (non-hydrogen) atoms. The molecule has 154 valence electrons. The summed E-state index contributed by atoms with van der Waals surface area (Å²) in [5, 5.41) is 4.87. The van der Waals surface area contributed by atoms with Gasteiger partial charge in [-0.05, 0) is 44.2 Å². The topological polar surface area (TPSA) is 61.9 Å². The number of fused-ring (bicyclic) bond motifs is 1. The molecule has 2 aromatic rings. The number of likely N-dealkylation sites (tertiary alicyclic amines) is 1. The van der Waals surface area contributed by atoms with E-state index in [9.17, 15) is 0 Å². The van der Waals surface area contributed by atoms with Gasteiger partial charge in [0, 0.05) is 63.6 Å². The SMILES string of the molecule is CN=C(NCCc1c(C)[nH]c2ccccc12)N1CCC(OCCCOC)CC1. The fraction of sp³-hybridized carbons (Fsp3) is 0.591. The van der Waals surface area contributed by atoms with E-state index in [1.165, 1.54) is 22.2 Å². The van der Waals surface area contributed by atoms with Gasteiger partial charge in [0.2, 0.25) is 0 Å². The Morgan fingerprint density at radius 2 is 2.04 bits per heavy atom. The van der Waals surface area contributed by atoms with Crippen LogP contribution in [0.25, 0.3) is 10.9 Å². The zero-order chi connectivity index (χ0) is 19.8. The predicted molar refractivity (Wildman–Crippen MR) is 115 cm³/mol. The summed E-state index contributed by atoms with van der Waals surface area (Å²) in [6, 6.07) is 8.51. The van der Waals surface area contributed by atoms with Gasteiger partial charge >= 0.3 is 0 Å². The Balaban J connectivity index is 1.44. The number of aromatic nitrogens is 1. The van der Waals surface area contributed by atoms with Crippen LogP contribution in [0.2, 0.25) is 0 Å². The molecular weight excluding hydrogens is 352 g/mol. The van der Waals surface area contributed by atoms with Crippen molar-refractivity contribution in [3.63, 3.8) is 0 Å². The number of benzene rings is 1. The molecule has 6 heteroatoms. The van der Waals surface area contributed by atoms with E-state index in [1.54, 1.807) is 7.11 Å². The first kappa shape index (κ1) is 20.7. The Morgan fingerprint density at radius 3 is 2.79 bits per heavy atom. The molecule has 1 aliphatic heterocycles. The molecular formula is C22H34N4O2. The second-order valence-electron chi connectivity index (χ2n) is 7.40. The van der Waals surface area contributed by atoms with Crippen LogP contribution < -0.4 is 5.32 Å². The van der Waals surface area contributed by atoms with E-state index in [0.717, 1.165) is 64.5 Å². The molecule has 1 saturated heterocycles. The third-order valence-electron chi connectivity index (χ3n) is 5.48. The molecule has 0 unspecified atom stereocenters. The van der Waals surface area contributed by atoms with Gasteiger partial charge in [-0.2, -0.15) is 0 Å². The highest BCUT2D eigenvalue weighted by molar-refractivity contribution is 5.84. The lowest BCUT2D eigenvalue weighted by Crippen LogP contribution is -2.47. The number of nitrogens with one attached hydrogen (secondary N) is 2. The van der Waals surface area contributed by atoms with E-state index in [1.807, 2.05) is 7.05 Å². The number of H-pyrrole nitrogens is 1. The molecule has 1 fully saturated rings. The fourth-order valence-corrected chi connectivity index (χ4v) is 3.98. The van der Waals surface area contributed by atoms with Gasteiger partial charge < -0.3 is 24.7 Å². The van der Waals surface area contributed by atoms with Gasteiger partial charge in [0.05, 0.1) is 6.10 Å². The van der Waals surface area contributed by atoms with Crippen LogP contribution in [0.3, 0.4) is 0 Å². The third kappa shape index (κ3) is 5.26. The van der Waals surface area contributed by atoms with Gasteiger partial charge in [0.25, 0.3) is 0 Å². The third-order valence-corrected chi connectivity index (χ3v) is 5.48. The summed E-state index contributed by atoms with van der Waals surface area (Å²) in [5.74, 6) is 0.996. The maximum absolute atomic E-state index is 5.96. The molecule has 3 rings (SSSR count). The number of para-hydroxylation sites is 1. The van der Waals surface area contributed by atoms with Crippen molar-refractivity contribution >= 4 is 16.9 Å². The van der Waals surface area contributed by atoms with Crippen molar-refractivity contribution in [1.82, 2.24) is 15.2 Å². The lowest BCUT2D eigenvalue weighted by atomic mass is 10.1. The van der Waals surface area contributed by atoms with Gasteiger partial charge in [-0.3, -0.25) is 4.99 Å². The Hall–Kier alpha value is -2.05. The second-order valence-corrected chi connectivity index (χ2v) is 7.40. The highest BCUT2D eigenvalue weighted by Crippen LogP contribution is 2.22. The molecule has 6 nitrogen and oxygen atoms in total. The number of guanidine groups is 1. The number of hydrogen-bond acceptors (Lipinski definition) is 3. The largest absolute Gasteiger partial charge is 0.385 e. The predicted octanol–water partition coefficient (Wildman–Crippen LogP) is 3.11. The van der Waals surface area contributed by atoms with Crippen LogP contribution in [0.5, 0.6) is 0 Å². The van der Waals surface area contributed by atoms with Crippen molar-refractivity contribution in [3.8, 4) is 0 Å². The lowest BCUT2D eigenvalue weighted by Gasteiger charge is -2.34. The van der Waals surface area contributed by atoms with Gasteiger partial charge in [0.1, 0.15) is 0 Å². The quantitative estimate of drug-likeness (QED) is 0.416. The van der Waals surface area contributed by atoms with Crippen molar-refractivity contribution in [2.75, 3.05) is 47.0 Å². The van der Waals surface area contributed by atoms with Gasteiger partial charge in [0.15, 0.2) is 5.96 Å². The zero-order valence-electron chi connectivity index (χ0n) is 17.5. The van der Waals surface area contributed by atoms with Gasteiger partial charge in [-0.15, -0.1) is 0 Å². The second kappa shape index (κ2) is 10.5. The Labute approximate surface area is 168 Å². The van der Waals surface area contributed by atoms with Gasteiger partial charge in [-0.1, -0.05) is 18.2 Å². The molecule has 0 spiro atoms. The summed E-state index contributed by atoms with van der Waals surface area (Å²) in [6.45, 7) is 6.56. The first-order chi connectivity index (χ1) is 13.7. The lowest BCUT2D eigenvalue weighted by molar-refractivity contribution is 0.00992. The van der Waals surface area contributed by atoms with Crippen molar-refractivity contribution in [1.29, 1.82) is 0 Å². The molecule has 0 aliphatic carbocycles. The fourth-order valence-electron chi connectivity index (χ4n) is 3.98. The average molecular weight is 387 g/mol. The zero-order valence-corrected chi connectivity index (χ0v) is 17.5. The van der Waals surface area contributed by atoms with Crippen LogP contribution in [0, 0.1) is 6.92 Å². The highest BCUT2D eigenvalue weighted by atomic mass is 16.5. The van der Waals surface area contributed by atoms with Crippen molar-refractivity contribution in [3.05, 3.63) is 35.5 Å². The van der Waals surface area contributed by atoms with Crippen LogP contribution in [0.4, 0.5) is 0 Å². The molecule has 0 atom stereocenters.